The van der Waals surface area contributed by atoms with Crippen LogP contribution in [0.2, 0.25) is 0 Å². The Labute approximate surface area is 91.0 Å². The maximum Gasteiger partial charge on any atom is 0.410 e. The highest BCUT2D eigenvalue weighted by atomic mass is 16.6. The van der Waals surface area contributed by atoms with E-state index >= 15 is 0 Å². The predicted octanol–water partition coefficient (Wildman–Crippen LogP) is 1.41. The standard InChI is InChI=1S/C10H22N2O2/c1-10(2,3)14-9(13)12(6)8-7-11(4)5/h7-8H2,1-6H3/i6D3. The lowest BCUT2D eigenvalue weighted by Crippen LogP contribution is -2.37. The number of carbonyl (C=O) groups is 1. The Balaban J connectivity index is 4.64. The van der Waals surface area contributed by atoms with Gasteiger partial charge in [0.05, 0.1) is 0 Å². The van der Waals surface area contributed by atoms with Gasteiger partial charge in [0.15, 0.2) is 0 Å². The molecule has 0 aliphatic carbocycles. The molecule has 0 rings (SSSR count). The molecule has 0 saturated heterocycles. The number of ether oxygens (including phenoxy) is 1. The van der Waals surface area contributed by atoms with E-state index in [2.05, 4.69) is 0 Å². The number of rotatable bonds is 3. The van der Waals surface area contributed by atoms with Crippen LogP contribution in [0.1, 0.15) is 24.9 Å². The quantitative estimate of drug-likeness (QED) is 0.698. The molecule has 0 aliphatic rings. The van der Waals surface area contributed by atoms with Crippen LogP contribution >= 0.6 is 0 Å². The summed E-state index contributed by atoms with van der Waals surface area (Å²) in [5, 5.41) is 0. The number of hydrogen-bond acceptors (Lipinski definition) is 3. The van der Waals surface area contributed by atoms with Gasteiger partial charge in [0.2, 0.25) is 0 Å². The largest absolute Gasteiger partial charge is 0.444 e. The molecule has 0 spiro atoms. The Morgan fingerprint density at radius 1 is 1.36 bits per heavy atom. The Morgan fingerprint density at radius 3 is 2.29 bits per heavy atom. The van der Waals surface area contributed by atoms with E-state index in [1.165, 1.54) is 0 Å². The maximum absolute atomic E-state index is 11.7. The topological polar surface area (TPSA) is 32.8 Å². The minimum atomic E-state index is -2.47. The Morgan fingerprint density at radius 2 is 1.93 bits per heavy atom. The van der Waals surface area contributed by atoms with Gasteiger partial charge in [-0.05, 0) is 34.9 Å². The first-order chi connectivity index (χ1) is 7.43. The van der Waals surface area contributed by atoms with E-state index < -0.39 is 18.7 Å². The maximum atomic E-state index is 11.7. The highest BCUT2D eigenvalue weighted by Crippen LogP contribution is 2.08. The Hall–Kier alpha value is -0.770. The molecule has 0 heterocycles. The molecular weight excluding hydrogens is 180 g/mol. The summed E-state index contributed by atoms with van der Waals surface area (Å²) in [5.41, 5.74) is -0.696. The smallest absolute Gasteiger partial charge is 0.410 e. The zero-order valence-corrected chi connectivity index (χ0v) is 9.63. The highest BCUT2D eigenvalue weighted by molar-refractivity contribution is 5.67. The molecule has 1 amide bonds. The van der Waals surface area contributed by atoms with Crippen molar-refractivity contribution in [2.75, 3.05) is 34.2 Å². The number of nitrogens with zero attached hydrogens (tertiary/aromatic N) is 2. The third-order valence-corrected chi connectivity index (χ3v) is 1.38. The van der Waals surface area contributed by atoms with Crippen LogP contribution in [0.3, 0.4) is 0 Å². The van der Waals surface area contributed by atoms with Crippen molar-refractivity contribution < 1.29 is 13.6 Å². The molecule has 14 heavy (non-hydrogen) atoms. The number of amides is 1. The zero-order valence-electron chi connectivity index (χ0n) is 12.6. The Kier molecular flexibility index (Phi) is 3.17. The van der Waals surface area contributed by atoms with Gasteiger partial charge in [-0.3, -0.25) is 0 Å². The van der Waals surface area contributed by atoms with E-state index in [0.29, 0.717) is 6.54 Å². The summed E-state index contributed by atoms with van der Waals surface area (Å²) in [6, 6.07) is 0. The lowest BCUT2D eigenvalue weighted by molar-refractivity contribution is 0.0290. The van der Waals surface area contributed by atoms with Crippen LogP contribution in [0.25, 0.3) is 0 Å². The van der Waals surface area contributed by atoms with Gasteiger partial charge < -0.3 is 14.5 Å². The van der Waals surface area contributed by atoms with Gasteiger partial charge in [0.25, 0.3) is 0 Å². The van der Waals surface area contributed by atoms with Gasteiger partial charge in [0.1, 0.15) is 5.60 Å². The van der Waals surface area contributed by atoms with Crippen molar-refractivity contribution in [3.8, 4) is 0 Å². The average molecular weight is 205 g/mol. The van der Waals surface area contributed by atoms with Crippen LogP contribution < -0.4 is 0 Å². The first-order valence-electron chi connectivity index (χ1n) is 6.09. The van der Waals surface area contributed by atoms with Crippen molar-refractivity contribution >= 4 is 6.09 Å². The van der Waals surface area contributed by atoms with Crippen LogP contribution in [0.4, 0.5) is 4.79 Å². The highest BCUT2D eigenvalue weighted by Gasteiger charge is 2.19. The molecule has 0 saturated carbocycles. The average Bonchev–Trinajstić information content (AvgIpc) is 1.96. The predicted molar refractivity (Wildman–Crippen MR) is 57.4 cm³/mol. The molecule has 0 fully saturated rings. The zero-order chi connectivity index (χ0) is 13.9. The first kappa shape index (κ1) is 8.53. The number of hydrogen-bond donors (Lipinski definition) is 0. The van der Waals surface area contributed by atoms with Crippen molar-refractivity contribution in [2.24, 2.45) is 0 Å². The third-order valence-electron chi connectivity index (χ3n) is 1.38. The normalized spacial score (nSPS) is 15.7. The van der Waals surface area contributed by atoms with Crippen LogP contribution in [0.15, 0.2) is 0 Å². The van der Waals surface area contributed by atoms with E-state index in [4.69, 9.17) is 8.85 Å². The summed E-state index contributed by atoms with van der Waals surface area (Å²) in [6.07, 6.45) is -0.806. The molecular formula is C10H22N2O2. The molecule has 0 aliphatic heterocycles. The van der Waals surface area contributed by atoms with Crippen molar-refractivity contribution in [1.82, 2.24) is 9.80 Å². The molecule has 0 atom stereocenters. The minimum absolute atomic E-state index is 0.110. The molecule has 0 aromatic heterocycles. The monoisotopic (exact) mass is 205 g/mol. The van der Waals surface area contributed by atoms with E-state index in [1.54, 1.807) is 20.8 Å². The fourth-order valence-electron chi connectivity index (χ4n) is 0.708. The minimum Gasteiger partial charge on any atom is -0.444 e. The van der Waals surface area contributed by atoms with Gasteiger partial charge in [-0.1, -0.05) is 0 Å². The van der Waals surface area contributed by atoms with Crippen molar-refractivity contribution in [3.63, 3.8) is 0 Å². The van der Waals surface area contributed by atoms with Crippen LogP contribution in [0.5, 0.6) is 0 Å². The lowest BCUT2D eigenvalue weighted by Gasteiger charge is -2.25. The fraction of sp³-hybridized carbons (Fsp3) is 0.900. The molecule has 0 unspecified atom stereocenters. The third kappa shape index (κ3) is 6.71. The first-order valence-corrected chi connectivity index (χ1v) is 4.59. The molecule has 4 nitrogen and oxygen atoms in total. The molecule has 0 radical (unpaired) electrons. The van der Waals surface area contributed by atoms with E-state index in [1.807, 2.05) is 19.0 Å². The van der Waals surface area contributed by atoms with Gasteiger partial charge in [-0.2, -0.15) is 0 Å². The van der Waals surface area contributed by atoms with Gasteiger partial charge in [-0.25, -0.2) is 4.79 Å². The molecule has 84 valence electrons. The van der Waals surface area contributed by atoms with Gasteiger partial charge in [0, 0.05) is 24.2 Å². The van der Waals surface area contributed by atoms with Crippen molar-refractivity contribution in [2.45, 2.75) is 26.4 Å². The Bertz CT molecular complexity index is 259. The molecule has 0 aromatic rings. The molecule has 0 bridgehead atoms. The van der Waals surface area contributed by atoms with Crippen molar-refractivity contribution in [3.05, 3.63) is 0 Å². The fourth-order valence-corrected chi connectivity index (χ4v) is 0.708. The lowest BCUT2D eigenvalue weighted by atomic mass is 10.2. The van der Waals surface area contributed by atoms with Gasteiger partial charge in [-0.15, -0.1) is 0 Å². The van der Waals surface area contributed by atoms with E-state index in [9.17, 15) is 4.79 Å². The second kappa shape index (κ2) is 5.20. The number of likely N-dealkylation sites (N-methyl/N-ethyl adjacent to an activating group) is 2. The molecule has 0 N–H and O–H groups in total. The summed E-state index contributed by atoms with van der Waals surface area (Å²) in [7, 11) is 3.62. The van der Waals surface area contributed by atoms with Crippen LogP contribution in [-0.4, -0.2) is 55.7 Å². The van der Waals surface area contributed by atoms with E-state index in [0.717, 1.165) is 4.90 Å². The van der Waals surface area contributed by atoms with Crippen LogP contribution in [-0.2, 0) is 4.74 Å². The second-order valence-electron chi connectivity index (χ2n) is 4.44. The summed E-state index contributed by atoms with van der Waals surface area (Å²) in [5.74, 6) is 0. The molecule has 4 heteroatoms. The summed E-state index contributed by atoms with van der Waals surface area (Å²) in [4.78, 5) is 14.3. The van der Waals surface area contributed by atoms with Crippen LogP contribution in [0, 0.1) is 0 Å². The summed E-state index contributed by atoms with van der Waals surface area (Å²) in [6.45, 7) is 3.21. The number of carbonyl (C=O) groups excluding carboxylic acids is 1. The summed E-state index contributed by atoms with van der Waals surface area (Å²) >= 11 is 0. The van der Waals surface area contributed by atoms with Gasteiger partial charge >= 0.3 is 6.09 Å². The summed E-state index contributed by atoms with van der Waals surface area (Å²) < 4.78 is 27.0. The van der Waals surface area contributed by atoms with Crippen molar-refractivity contribution in [1.29, 1.82) is 0 Å². The SMILES string of the molecule is [2H]C([2H])([2H])N(CCN(C)C)C(=O)OC(C)(C)C. The second-order valence-corrected chi connectivity index (χ2v) is 4.44. The van der Waals surface area contributed by atoms with E-state index in [-0.39, 0.29) is 6.54 Å². The molecule has 0 aromatic carbocycles.